The van der Waals surface area contributed by atoms with Gasteiger partial charge in [0, 0.05) is 5.56 Å². The molecule has 0 spiro atoms. The maximum atomic E-state index is 14.6. The predicted molar refractivity (Wildman–Crippen MR) is 118 cm³/mol. The highest BCUT2D eigenvalue weighted by molar-refractivity contribution is 5.70. The van der Waals surface area contributed by atoms with Gasteiger partial charge in [-0.25, -0.2) is 8.78 Å². The zero-order valence-electron chi connectivity index (χ0n) is 18.7. The lowest BCUT2D eigenvalue weighted by Crippen LogP contribution is -2.45. The average Bonchev–Trinajstić information content (AvgIpc) is 2.78. The Labute approximate surface area is 194 Å². The van der Waals surface area contributed by atoms with E-state index in [1.807, 2.05) is 6.07 Å². The van der Waals surface area contributed by atoms with Gasteiger partial charge in [0.1, 0.15) is 11.6 Å². The van der Waals surface area contributed by atoms with Gasteiger partial charge < -0.3 is 4.74 Å². The molecule has 0 heterocycles. The molecule has 1 nitrogen and oxygen atoms in total. The number of hydrogen-bond donors (Lipinski definition) is 0. The van der Waals surface area contributed by atoms with Gasteiger partial charge in [0.25, 0.3) is 6.17 Å². The lowest BCUT2D eigenvalue weighted by molar-refractivity contribution is -0.304. The normalized spacial score (nSPS) is 20.5. The van der Waals surface area contributed by atoms with Crippen LogP contribution in [0.3, 0.4) is 0 Å². The summed E-state index contributed by atoms with van der Waals surface area (Å²) in [6.07, 6.45) is -5.35. The fourth-order valence-electron chi connectivity index (χ4n) is 4.36. The van der Waals surface area contributed by atoms with Gasteiger partial charge in [-0.1, -0.05) is 56.2 Å². The highest BCUT2D eigenvalue weighted by Gasteiger charge is 2.59. The first-order chi connectivity index (χ1) is 16.0. The minimum absolute atomic E-state index is 0.348. The molecule has 8 heteroatoms. The number of ether oxygens (including phenoxy) is 1. The second kappa shape index (κ2) is 10.8. The summed E-state index contributed by atoms with van der Waals surface area (Å²) in [4.78, 5) is 0. The van der Waals surface area contributed by atoms with Crippen LogP contribution in [0.15, 0.2) is 42.5 Å². The molecule has 1 atom stereocenters. The zero-order valence-corrected chi connectivity index (χ0v) is 18.7. The molecular weight excluding hydrogens is 461 g/mol. The molecule has 2 aromatic carbocycles. The fraction of sp³-hybridized carbons (Fsp3) is 0.462. The summed E-state index contributed by atoms with van der Waals surface area (Å²) < 4.78 is 94.8. The topological polar surface area (TPSA) is 9.23 Å². The minimum atomic E-state index is -5.75. The molecule has 34 heavy (non-hydrogen) atoms. The van der Waals surface area contributed by atoms with E-state index in [4.69, 9.17) is 0 Å². The first-order valence-electron chi connectivity index (χ1n) is 11.3. The Morgan fingerprint density at radius 3 is 2.15 bits per heavy atom. The predicted octanol–water partition coefficient (Wildman–Crippen LogP) is 8.94. The van der Waals surface area contributed by atoms with Crippen molar-refractivity contribution >= 4 is 12.2 Å². The van der Waals surface area contributed by atoms with Gasteiger partial charge >= 0.3 is 12.3 Å². The lowest BCUT2D eigenvalue weighted by atomic mass is 9.77. The van der Waals surface area contributed by atoms with E-state index < -0.39 is 24.2 Å². The summed E-state index contributed by atoms with van der Waals surface area (Å²) in [5.41, 5.74) is 1.80. The largest absolute Gasteiger partial charge is 0.439 e. The minimum Gasteiger partial charge on any atom is -0.430 e. The van der Waals surface area contributed by atoms with Crippen LogP contribution in [0.2, 0.25) is 0 Å². The summed E-state index contributed by atoms with van der Waals surface area (Å²) in [6.45, 7) is 2.19. The van der Waals surface area contributed by atoms with Crippen molar-refractivity contribution in [3.05, 3.63) is 65.0 Å². The van der Waals surface area contributed by atoms with Crippen LogP contribution in [0.25, 0.3) is 12.2 Å². The van der Waals surface area contributed by atoms with Crippen molar-refractivity contribution in [2.75, 3.05) is 0 Å². The molecule has 1 aliphatic rings. The Morgan fingerprint density at radius 2 is 1.59 bits per heavy atom. The molecule has 0 radical (unpaired) electrons. The Hall–Kier alpha value is -2.51. The van der Waals surface area contributed by atoms with E-state index in [2.05, 4.69) is 11.7 Å². The van der Waals surface area contributed by atoms with Crippen molar-refractivity contribution in [3.63, 3.8) is 0 Å². The van der Waals surface area contributed by atoms with Gasteiger partial charge in [-0.2, -0.15) is 22.0 Å². The van der Waals surface area contributed by atoms with Crippen molar-refractivity contribution < 1.29 is 35.5 Å². The van der Waals surface area contributed by atoms with Crippen LogP contribution in [0.5, 0.6) is 5.75 Å². The SMILES string of the molecule is CCCC1CCC(c2ccc(C=Cc3ccc(OC(F)(F)C(F)C(F)(F)F)cc3)c(F)c2)CC1. The third-order valence-electron chi connectivity index (χ3n) is 6.21. The number of hydrogen-bond acceptors (Lipinski definition) is 1. The summed E-state index contributed by atoms with van der Waals surface area (Å²) >= 11 is 0. The Bertz CT molecular complexity index is 958. The maximum absolute atomic E-state index is 14.6. The second-order valence-electron chi connectivity index (χ2n) is 8.76. The monoisotopic (exact) mass is 488 g/mol. The van der Waals surface area contributed by atoms with E-state index >= 15 is 0 Å². The quantitative estimate of drug-likeness (QED) is 0.266. The van der Waals surface area contributed by atoms with Crippen molar-refractivity contribution in [1.82, 2.24) is 0 Å². The van der Waals surface area contributed by atoms with E-state index in [9.17, 15) is 30.7 Å². The Kier molecular flexibility index (Phi) is 8.31. The molecular formula is C26H27F7O. The van der Waals surface area contributed by atoms with Crippen LogP contribution in [0.4, 0.5) is 30.7 Å². The molecule has 186 valence electrons. The summed E-state index contributed by atoms with van der Waals surface area (Å²) in [5, 5.41) is 0. The highest BCUT2D eigenvalue weighted by Crippen LogP contribution is 2.38. The van der Waals surface area contributed by atoms with Crippen molar-refractivity contribution in [2.24, 2.45) is 5.92 Å². The smallest absolute Gasteiger partial charge is 0.430 e. The number of benzene rings is 2. The molecule has 0 amide bonds. The van der Waals surface area contributed by atoms with Crippen LogP contribution < -0.4 is 4.74 Å². The summed E-state index contributed by atoms with van der Waals surface area (Å²) in [7, 11) is 0. The van der Waals surface area contributed by atoms with E-state index in [-0.39, 0.29) is 5.82 Å². The van der Waals surface area contributed by atoms with Gasteiger partial charge in [-0.3, -0.25) is 0 Å². The molecule has 3 rings (SSSR count). The van der Waals surface area contributed by atoms with E-state index in [1.54, 1.807) is 12.1 Å². The number of alkyl halides is 6. The van der Waals surface area contributed by atoms with Crippen LogP contribution in [-0.4, -0.2) is 18.5 Å². The standard InChI is InChI=1S/C26H27F7O/c1-2-3-17-4-9-19(10-5-17)21-13-12-20(23(27)16-21)11-6-18-7-14-22(15-8-18)34-26(32,33)24(28)25(29,30)31/h6-8,11-17,19,24H,2-5,9-10H2,1H3. The highest BCUT2D eigenvalue weighted by atomic mass is 19.4. The molecule has 1 fully saturated rings. The van der Waals surface area contributed by atoms with Gasteiger partial charge in [-0.05, 0) is 66.8 Å². The molecule has 1 aliphatic carbocycles. The molecule has 0 aromatic heterocycles. The van der Waals surface area contributed by atoms with Gasteiger partial charge in [-0.15, -0.1) is 0 Å². The molecule has 1 unspecified atom stereocenters. The molecule has 1 saturated carbocycles. The summed E-state index contributed by atoms with van der Waals surface area (Å²) in [5.74, 6) is 0.121. The van der Waals surface area contributed by atoms with Gasteiger partial charge in [0.05, 0.1) is 0 Å². The Morgan fingerprint density at radius 1 is 0.941 bits per heavy atom. The number of rotatable bonds is 8. The van der Waals surface area contributed by atoms with Gasteiger partial charge in [0.15, 0.2) is 0 Å². The van der Waals surface area contributed by atoms with Crippen molar-refractivity contribution in [2.45, 2.75) is 69.8 Å². The molecule has 0 N–H and O–H groups in total. The average molecular weight is 488 g/mol. The van der Waals surface area contributed by atoms with Crippen LogP contribution in [0, 0.1) is 11.7 Å². The van der Waals surface area contributed by atoms with E-state index in [1.165, 1.54) is 37.1 Å². The fourth-order valence-corrected chi connectivity index (χ4v) is 4.36. The molecule has 2 aromatic rings. The second-order valence-corrected chi connectivity index (χ2v) is 8.76. The molecule has 0 bridgehead atoms. The maximum Gasteiger partial charge on any atom is 0.439 e. The van der Waals surface area contributed by atoms with Crippen LogP contribution >= 0.6 is 0 Å². The van der Waals surface area contributed by atoms with E-state index in [0.717, 1.165) is 49.3 Å². The first-order valence-corrected chi connectivity index (χ1v) is 11.3. The van der Waals surface area contributed by atoms with Gasteiger partial charge in [0.2, 0.25) is 0 Å². The third-order valence-corrected chi connectivity index (χ3v) is 6.21. The van der Waals surface area contributed by atoms with Crippen molar-refractivity contribution in [3.8, 4) is 5.75 Å². The lowest BCUT2D eigenvalue weighted by Gasteiger charge is -2.28. The number of halogens is 7. The zero-order chi connectivity index (χ0) is 24.9. The van der Waals surface area contributed by atoms with E-state index in [0.29, 0.717) is 17.0 Å². The van der Waals surface area contributed by atoms with Crippen molar-refractivity contribution in [1.29, 1.82) is 0 Å². The molecule has 0 saturated heterocycles. The summed E-state index contributed by atoms with van der Waals surface area (Å²) in [6, 6.07) is 9.73. The van der Waals surface area contributed by atoms with Crippen LogP contribution in [-0.2, 0) is 0 Å². The van der Waals surface area contributed by atoms with Crippen LogP contribution in [0.1, 0.15) is 68.1 Å². The molecule has 0 aliphatic heterocycles. The Balaban J connectivity index is 1.61. The first kappa shape index (κ1) is 26.1. The third kappa shape index (κ3) is 6.76.